The number of nitrogens with one attached hydrogen (secondary N) is 3. The number of hydrogen-bond donors (Lipinski definition) is 4. The van der Waals surface area contributed by atoms with E-state index in [0.29, 0.717) is 34.6 Å². The molecule has 3 heterocycles. The van der Waals surface area contributed by atoms with E-state index in [9.17, 15) is 19.5 Å². The molecular weight excluding hydrogens is 640 g/mol. The molecule has 39 heavy (non-hydrogen) atoms. The maximum Gasteiger partial charge on any atom is 0.408 e. The molecule has 0 saturated carbocycles. The minimum absolute atomic E-state index is 0.0168. The van der Waals surface area contributed by atoms with E-state index in [2.05, 4.69) is 43.3 Å². The number of carboxylic acid groups (broad SMARTS) is 1. The van der Waals surface area contributed by atoms with E-state index in [1.807, 2.05) is 13.0 Å². The fourth-order valence-corrected chi connectivity index (χ4v) is 6.24. The highest BCUT2D eigenvalue weighted by atomic mass is 127. The highest BCUT2D eigenvalue weighted by Crippen LogP contribution is 2.33. The van der Waals surface area contributed by atoms with Gasteiger partial charge in [-0.25, -0.2) is 19.6 Å². The van der Waals surface area contributed by atoms with Crippen LogP contribution in [0.4, 0.5) is 9.18 Å². The van der Waals surface area contributed by atoms with Crippen LogP contribution < -0.4 is 10.7 Å². The minimum Gasteiger partial charge on any atom is -0.480 e. The Morgan fingerprint density at radius 2 is 2.10 bits per heavy atom. The quantitative estimate of drug-likeness (QED) is 0.270. The number of aromatic amines is 1. The van der Waals surface area contributed by atoms with Gasteiger partial charge in [-0.15, -0.1) is 11.3 Å². The van der Waals surface area contributed by atoms with Crippen molar-refractivity contribution in [2.45, 2.75) is 71.1 Å². The first-order valence-electron chi connectivity index (χ1n) is 12.6. The van der Waals surface area contributed by atoms with E-state index < -0.39 is 41.5 Å². The summed E-state index contributed by atoms with van der Waals surface area (Å²) in [5.74, 6) is -1.97. The van der Waals surface area contributed by atoms with Gasteiger partial charge in [-0.2, -0.15) is 0 Å². The predicted octanol–water partition coefficient (Wildman–Crippen LogP) is 4.61. The summed E-state index contributed by atoms with van der Waals surface area (Å²) < 4.78 is 21.7. The van der Waals surface area contributed by atoms with Crippen LogP contribution in [0.3, 0.4) is 0 Å². The molecule has 10 nitrogen and oxygen atoms in total. The van der Waals surface area contributed by atoms with Crippen LogP contribution >= 0.6 is 33.9 Å². The van der Waals surface area contributed by atoms with Gasteiger partial charge in [-0.1, -0.05) is 13.0 Å². The molecule has 0 radical (unpaired) electrons. The number of aryl methyl sites for hydroxylation is 1. The Morgan fingerprint density at radius 3 is 2.77 bits per heavy atom. The summed E-state index contributed by atoms with van der Waals surface area (Å²) in [5, 5.41) is 16.3. The molecule has 4 N–H and O–H groups in total. The zero-order chi connectivity index (χ0) is 28.5. The van der Waals surface area contributed by atoms with Gasteiger partial charge >= 0.3 is 12.1 Å². The number of nitrogens with zero attached hydrogens (tertiary/aromatic N) is 2. The SMILES string of the molecule is CCc1c(I)[nH]c2c(F)c(-c3csc(C[C@H](NC(=O)OC(C)(C)C)C(=O)N4CCC[C@@H](C(=O)O)N4)n3)ccc12. The molecule has 13 heteroatoms. The van der Waals surface area contributed by atoms with Gasteiger partial charge in [0.25, 0.3) is 5.91 Å². The van der Waals surface area contributed by atoms with Crippen molar-refractivity contribution in [3.63, 3.8) is 0 Å². The number of aliphatic carboxylic acids is 1. The second kappa shape index (κ2) is 11.8. The number of amides is 2. The number of H-pyrrole nitrogens is 1. The van der Waals surface area contributed by atoms with Crippen LogP contribution in [0.25, 0.3) is 22.2 Å². The Hall–Kier alpha value is -2.78. The molecule has 1 saturated heterocycles. The Kier molecular flexibility index (Phi) is 8.81. The number of carboxylic acids is 1. The zero-order valence-corrected chi connectivity index (χ0v) is 25.0. The second-order valence-corrected chi connectivity index (χ2v) is 12.3. The molecule has 0 bridgehead atoms. The lowest BCUT2D eigenvalue weighted by Gasteiger charge is -2.34. The monoisotopic (exact) mass is 671 g/mol. The van der Waals surface area contributed by atoms with Gasteiger partial charge in [0.1, 0.15) is 17.7 Å². The highest BCUT2D eigenvalue weighted by molar-refractivity contribution is 14.1. The molecule has 2 aromatic heterocycles. The summed E-state index contributed by atoms with van der Waals surface area (Å²) in [5.41, 5.74) is 4.17. The summed E-state index contributed by atoms with van der Waals surface area (Å²) in [7, 11) is 0. The third-order valence-electron chi connectivity index (χ3n) is 6.27. The number of carbonyl (C=O) groups is 3. The Labute approximate surface area is 242 Å². The van der Waals surface area contributed by atoms with Crippen molar-refractivity contribution < 1.29 is 28.6 Å². The zero-order valence-electron chi connectivity index (χ0n) is 22.1. The maximum atomic E-state index is 15.5. The van der Waals surface area contributed by atoms with Crippen LogP contribution in [0.1, 0.15) is 51.1 Å². The normalized spacial score (nSPS) is 16.8. The molecule has 1 fully saturated rings. The summed E-state index contributed by atoms with van der Waals surface area (Å²) >= 11 is 3.41. The van der Waals surface area contributed by atoms with E-state index in [4.69, 9.17) is 4.74 Å². The highest BCUT2D eigenvalue weighted by Gasteiger charge is 2.34. The molecule has 0 spiro atoms. The average Bonchev–Trinajstić information content (AvgIpc) is 3.46. The smallest absolute Gasteiger partial charge is 0.408 e. The number of hydrazine groups is 1. The topological polar surface area (TPSA) is 137 Å². The standard InChI is InChI=1S/C26H31FIN5O5S/c1-5-13-14-8-9-15(20(27)21(14)31-22(13)28)18-12-39-19(29-18)11-17(30-25(37)38-26(2,3)4)23(34)33-10-6-7-16(32-33)24(35)36/h8-9,12,16-17,31-32H,5-7,10-11H2,1-4H3,(H,30,37)(H,35,36)/t16-,17-/m0/s1. The van der Waals surface area contributed by atoms with E-state index >= 15 is 4.39 Å². The van der Waals surface area contributed by atoms with Crippen molar-refractivity contribution in [1.29, 1.82) is 0 Å². The van der Waals surface area contributed by atoms with Gasteiger partial charge in [0, 0.05) is 29.3 Å². The predicted molar refractivity (Wildman–Crippen MR) is 154 cm³/mol. The van der Waals surface area contributed by atoms with Crippen LogP contribution in [0, 0.1) is 9.52 Å². The molecule has 1 aromatic carbocycles. The number of hydrogen-bond acceptors (Lipinski definition) is 7. The number of halogens is 2. The largest absolute Gasteiger partial charge is 0.480 e. The lowest BCUT2D eigenvalue weighted by atomic mass is 10.1. The number of fused-ring (bicyclic) bond motifs is 1. The number of aromatic nitrogens is 2. The minimum atomic E-state index is -1.08. The van der Waals surface area contributed by atoms with Crippen LogP contribution in [-0.2, 0) is 27.2 Å². The van der Waals surface area contributed by atoms with E-state index in [1.54, 1.807) is 32.2 Å². The van der Waals surface area contributed by atoms with Gasteiger partial charge in [0.05, 0.1) is 19.9 Å². The van der Waals surface area contributed by atoms with Gasteiger partial charge < -0.3 is 20.1 Å². The van der Waals surface area contributed by atoms with Gasteiger partial charge in [-0.05, 0) is 74.3 Å². The first kappa shape index (κ1) is 29.2. The van der Waals surface area contributed by atoms with Gasteiger partial charge in [0.15, 0.2) is 5.82 Å². The summed E-state index contributed by atoms with van der Waals surface area (Å²) in [4.78, 5) is 45.2. The maximum absolute atomic E-state index is 15.5. The van der Waals surface area contributed by atoms with E-state index in [1.165, 1.54) is 16.3 Å². The first-order valence-corrected chi connectivity index (χ1v) is 14.6. The molecule has 0 aliphatic carbocycles. The van der Waals surface area contributed by atoms with Gasteiger partial charge in [0.2, 0.25) is 0 Å². The summed E-state index contributed by atoms with van der Waals surface area (Å²) in [6, 6.07) is 1.59. The lowest BCUT2D eigenvalue weighted by Crippen LogP contribution is -2.60. The van der Waals surface area contributed by atoms with Crippen LogP contribution in [0.15, 0.2) is 17.5 Å². The fraction of sp³-hybridized carbons (Fsp3) is 0.462. The second-order valence-electron chi connectivity index (χ2n) is 10.3. The molecule has 0 unspecified atom stereocenters. The van der Waals surface area contributed by atoms with Gasteiger partial charge in [-0.3, -0.25) is 14.6 Å². The van der Waals surface area contributed by atoms with Crippen molar-refractivity contribution in [1.82, 2.24) is 25.7 Å². The van der Waals surface area contributed by atoms with Crippen molar-refractivity contribution in [3.05, 3.63) is 37.6 Å². The molecule has 2 amide bonds. The number of rotatable bonds is 7. The van der Waals surface area contributed by atoms with Crippen molar-refractivity contribution in [2.24, 2.45) is 0 Å². The Balaban J connectivity index is 1.59. The third-order valence-corrected chi connectivity index (χ3v) is 8.06. The van der Waals surface area contributed by atoms with Crippen LogP contribution in [-0.4, -0.2) is 62.3 Å². The number of thiazole rings is 1. The fourth-order valence-electron chi connectivity index (χ4n) is 4.46. The molecular formula is C26H31FIN5O5S. The molecule has 2 atom stereocenters. The summed E-state index contributed by atoms with van der Waals surface area (Å²) in [6.07, 6.45) is 0.887. The van der Waals surface area contributed by atoms with Crippen molar-refractivity contribution in [2.75, 3.05) is 6.54 Å². The Morgan fingerprint density at radius 1 is 1.36 bits per heavy atom. The van der Waals surface area contributed by atoms with Crippen LogP contribution in [0.5, 0.6) is 0 Å². The van der Waals surface area contributed by atoms with Crippen LogP contribution in [0.2, 0.25) is 0 Å². The number of benzene rings is 1. The van der Waals surface area contributed by atoms with Crippen molar-refractivity contribution in [3.8, 4) is 11.3 Å². The first-order chi connectivity index (χ1) is 18.4. The molecule has 1 aliphatic heterocycles. The number of ether oxygens (including phenoxy) is 1. The van der Waals surface area contributed by atoms with E-state index in [0.717, 1.165) is 21.1 Å². The average molecular weight is 672 g/mol. The molecule has 4 rings (SSSR count). The summed E-state index contributed by atoms with van der Waals surface area (Å²) in [6.45, 7) is 7.44. The molecule has 3 aromatic rings. The lowest BCUT2D eigenvalue weighted by molar-refractivity contribution is -0.147. The molecule has 1 aliphatic rings. The Bertz CT molecular complexity index is 1400. The number of alkyl carbamates (subject to hydrolysis) is 1. The third kappa shape index (κ3) is 6.69. The molecule has 210 valence electrons. The van der Waals surface area contributed by atoms with Crippen molar-refractivity contribution >= 4 is 62.8 Å². The van der Waals surface area contributed by atoms with E-state index in [-0.39, 0.29) is 13.0 Å². The number of carbonyl (C=O) groups excluding carboxylic acids is 2.